The lowest BCUT2D eigenvalue weighted by atomic mass is 10.1. The SMILES string of the molecule is COc1cccc(C(=O)Nc2cc(C)nn2-c2ncnc3c2cnn3-c2ccc(F)cc2)c1OC. The number of carbonyl (C=O) groups is 1. The van der Waals surface area contributed by atoms with E-state index >= 15 is 0 Å². The van der Waals surface area contributed by atoms with E-state index < -0.39 is 5.91 Å². The number of carbonyl (C=O) groups excluding carboxylic acids is 1. The first-order valence-electron chi connectivity index (χ1n) is 10.5. The molecule has 0 aliphatic rings. The van der Waals surface area contributed by atoms with Crippen LogP contribution in [0.5, 0.6) is 11.5 Å². The molecule has 0 aliphatic heterocycles. The summed E-state index contributed by atoms with van der Waals surface area (Å²) in [6.45, 7) is 1.80. The molecule has 35 heavy (non-hydrogen) atoms. The van der Waals surface area contributed by atoms with Crippen molar-refractivity contribution in [1.82, 2.24) is 29.5 Å². The fourth-order valence-corrected chi connectivity index (χ4v) is 3.77. The van der Waals surface area contributed by atoms with Gasteiger partial charge in [0, 0.05) is 6.07 Å². The minimum atomic E-state index is -0.408. The molecule has 3 aromatic heterocycles. The Balaban J connectivity index is 1.55. The quantitative estimate of drug-likeness (QED) is 0.400. The number of halogens is 1. The molecule has 0 bridgehead atoms. The predicted octanol–water partition coefficient (Wildman–Crippen LogP) is 3.72. The monoisotopic (exact) mass is 473 g/mol. The van der Waals surface area contributed by atoms with Gasteiger partial charge in [0.25, 0.3) is 5.91 Å². The summed E-state index contributed by atoms with van der Waals surface area (Å²) in [6.07, 6.45) is 2.98. The first-order valence-corrected chi connectivity index (χ1v) is 10.5. The van der Waals surface area contributed by atoms with Crippen LogP contribution in [0.15, 0.2) is 61.1 Å². The highest BCUT2D eigenvalue weighted by Gasteiger charge is 2.21. The summed E-state index contributed by atoms with van der Waals surface area (Å²) in [5.74, 6) is 0.821. The maximum Gasteiger partial charge on any atom is 0.260 e. The number of fused-ring (bicyclic) bond motifs is 1. The first-order chi connectivity index (χ1) is 17.0. The van der Waals surface area contributed by atoms with Crippen molar-refractivity contribution in [3.63, 3.8) is 0 Å². The van der Waals surface area contributed by atoms with Gasteiger partial charge in [0.1, 0.15) is 18.0 Å². The molecule has 5 rings (SSSR count). The highest BCUT2D eigenvalue weighted by molar-refractivity contribution is 6.06. The number of anilines is 1. The van der Waals surface area contributed by atoms with Crippen molar-refractivity contribution in [2.24, 2.45) is 0 Å². The molecule has 10 nitrogen and oxygen atoms in total. The second-order valence-corrected chi connectivity index (χ2v) is 7.55. The van der Waals surface area contributed by atoms with Gasteiger partial charge < -0.3 is 14.8 Å². The molecular weight excluding hydrogens is 453 g/mol. The molecule has 0 aliphatic carbocycles. The van der Waals surface area contributed by atoms with Gasteiger partial charge in [-0.15, -0.1) is 0 Å². The summed E-state index contributed by atoms with van der Waals surface area (Å²) in [7, 11) is 2.98. The Morgan fingerprint density at radius 2 is 1.83 bits per heavy atom. The standard InChI is InChI=1S/C24H20FN7O3/c1-14-11-20(29-24(33)17-5-4-6-19(34-2)21(17)35-3)32(30-14)23-18-12-28-31(22(18)26-13-27-23)16-9-7-15(25)8-10-16/h4-13H,1-3H3,(H,29,33). The molecule has 0 fully saturated rings. The lowest BCUT2D eigenvalue weighted by Gasteiger charge is -2.13. The van der Waals surface area contributed by atoms with E-state index in [9.17, 15) is 9.18 Å². The van der Waals surface area contributed by atoms with Crippen LogP contribution < -0.4 is 14.8 Å². The molecule has 0 saturated heterocycles. The van der Waals surface area contributed by atoms with Crippen LogP contribution in [0.2, 0.25) is 0 Å². The molecule has 1 amide bonds. The van der Waals surface area contributed by atoms with Gasteiger partial charge in [-0.1, -0.05) is 6.07 Å². The smallest absolute Gasteiger partial charge is 0.260 e. The van der Waals surface area contributed by atoms with Crippen LogP contribution in [0.3, 0.4) is 0 Å². The van der Waals surface area contributed by atoms with E-state index in [-0.39, 0.29) is 5.82 Å². The van der Waals surface area contributed by atoms with Gasteiger partial charge in [0.2, 0.25) is 0 Å². The van der Waals surface area contributed by atoms with Crippen molar-refractivity contribution in [1.29, 1.82) is 0 Å². The lowest BCUT2D eigenvalue weighted by Crippen LogP contribution is -2.17. The number of aryl methyl sites for hydroxylation is 1. The topological polar surface area (TPSA) is 109 Å². The number of rotatable bonds is 6. The third-order valence-corrected chi connectivity index (χ3v) is 5.34. The van der Waals surface area contributed by atoms with Crippen LogP contribution in [-0.4, -0.2) is 49.7 Å². The van der Waals surface area contributed by atoms with Crippen molar-refractivity contribution in [3.8, 4) is 23.0 Å². The van der Waals surface area contributed by atoms with Crippen LogP contribution in [0.4, 0.5) is 10.2 Å². The number of aromatic nitrogens is 6. The molecule has 5 aromatic rings. The van der Waals surface area contributed by atoms with E-state index in [1.807, 2.05) is 0 Å². The maximum atomic E-state index is 13.4. The molecule has 3 heterocycles. The summed E-state index contributed by atoms with van der Waals surface area (Å²) >= 11 is 0. The number of amides is 1. The van der Waals surface area contributed by atoms with E-state index in [0.717, 1.165) is 0 Å². The molecular formula is C24H20FN7O3. The minimum Gasteiger partial charge on any atom is -0.493 e. The number of ether oxygens (including phenoxy) is 2. The summed E-state index contributed by atoms with van der Waals surface area (Å²) in [5.41, 5.74) is 2.10. The number of methoxy groups -OCH3 is 2. The normalized spacial score (nSPS) is 11.0. The molecule has 11 heteroatoms. The van der Waals surface area contributed by atoms with Gasteiger partial charge in [0.15, 0.2) is 23.0 Å². The third-order valence-electron chi connectivity index (χ3n) is 5.34. The van der Waals surface area contributed by atoms with E-state index in [1.54, 1.807) is 54.2 Å². The van der Waals surface area contributed by atoms with Gasteiger partial charge in [-0.3, -0.25) is 4.79 Å². The Morgan fingerprint density at radius 1 is 1.03 bits per heavy atom. The largest absolute Gasteiger partial charge is 0.493 e. The summed E-state index contributed by atoms with van der Waals surface area (Å²) < 4.78 is 27.2. The summed E-state index contributed by atoms with van der Waals surface area (Å²) in [4.78, 5) is 21.9. The van der Waals surface area contributed by atoms with Gasteiger partial charge in [0.05, 0.1) is 42.7 Å². The van der Waals surface area contributed by atoms with Crippen molar-refractivity contribution >= 4 is 22.8 Å². The number of nitrogens with zero attached hydrogens (tertiary/aromatic N) is 6. The molecule has 0 unspecified atom stereocenters. The number of hydrogen-bond donors (Lipinski definition) is 1. The molecule has 176 valence electrons. The Bertz CT molecular complexity index is 1540. The maximum absolute atomic E-state index is 13.4. The van der Waals surface area contributed by atoms with Crippen molar-refractivity contribution in [2.45, 2.75) is 6.92 Å². The summed E-state index contributed by atoms with van der Waals surface area (Å²) in [6, 6.07) is 12.7. The van der Waals surface area contributed by atoms with E-state index in [4.69, 9.17) is 9.47 Å². The Morgan fingerprint density at radius 3 is 2.57 bits per heavy atom. The van der Waals surface area contributed by atoms with Crippen molar-refractivity contribution < 1.29 is 18.7 Å². The van der Waals surface area contributed by atoms with E-state index in [0.29, 0.717) is 51.1 Å². The minimum absolute atomic E-state index is 0.300. The van der Waals surface area contributed by atoms with Crippen molar-refractivity contribution in [2.75, 3.05) is 19.5 Å². The van der Waals surface area contributed by atoms with Gasteiger partial charge in [-0.2, -0.15) is 14.9 Å². The molecule has 2 aromatic carbocycles. The number of benzene rings is 2. The average Bonchev–Trinajstić information content (AvgIpc) is 3.47. The average molecular weight is 473 g/mol. The molecule has 1 N–H and O–H groups in total. The van der Waals surface area contributed by atoms with E-state index in [2.05, 4.69) is 25.5 Å². The number of hydrogen-bond acceptors (Lipinski definition) is 7. The Hall–Kier alpha value is -4.80. The zero-order chi connectivity index (χ0) is 24.5. The highest BCUT2D eigenvalue weighted by atomic mass is 19.1. The van der Waals surface area contributed by atoms with Crippen LogP contribution in [0.1, 0.15) is 16.1 Å². The van der Waals surface area contributed by atoms with E-state index in [1.165, 1.54) is 37.4 Å². The van der Waals surface area contributed by atoms with Crippen LogP contribution in [-0.2, 0) is 0 Å². The highest BCUT2D eigenvalue weighted by Crippen LogP contribution is 2.31. The fraction of sp³-hybridized carbons (Fsp3) is 0.125. The molecule has 0 radical (unpaired) electrons. The number of para-hydroxylation sites is 1. The van der Waals surface area contributed by atoms with Crippen LogP contribution >= 0.6 is 0 Å². The second-order valence-electron chi connectivity index (χ2n) is 7.55. The lowest BCUT2D eigenvalue weighted by molar-refractivity contribution is 0.102. The Labute approximate surface area is 199 Å². The Kier molecular flexibility index (Phi) is 5.57. The predicted molar refractivity (Wildman–Crippen MR) is 126 cm³/mol. The van der Waals surface area contributed by atoms with Gasteiger partial charge in [-0.05, 0) is 43.3 Å². The fourth-order valence-electron chi connectivity index (χ4n) is 3.77. The zero-order valence-corrected chi connectivity index (χ0v) is 19.1. The van der Waals surface area contributed by atoms with Crippen LogP contribution in [0.25, 0.3) is 22.5 Å². The van der Waals surface area contributed by atoms with Gasteiger partial charge in [-0.25, -0.2) is 19.0 Å². The van der Waals surface area contributed by atoms with Gasteiger partial charge >= 0.3 is 0 Å². The summed E-state index contributed by atoms with van der Waals surface area (Å²) in [5, 5.41) is 12.4. The molecule has 0 spiro atoms. The van der Waals surface area contributed by atoms with Crippen LogP contribution in [0, 0.1) is 12.7 Å². The molecule has 0 atom stereocenters. The second kappa shape index (κ2) is 8.86. The first kappa shape index (κ1) is 22.0. The zero-order valence-electron chi connectivity index (χ0n) is 19.1. The number of nitrogens with one attached hydrogen (secondary N) is 1. The third kappa shape index (κ3) is 3.92. The molecule has 0 saturated carbocycles. The van der Waals surface area contributed by atoms with Crippen molar-refractivity contribution in [3.05, 3.63) is 78.1 Å².